The Bertz CT molecular complexity index is 940. The third-order valence-electron chi connectivity index (χ3n) is 5.12. The van der Waals surface area contributed by atoms with Crippen molar-refractivity contribution in [2.75, 3.05) is 0 Å². The number of nitrogens with zero attached hydrogens (tertiary/aromatic N) is 2. The lowest BCUT2D eigenvalue weighted by molar-refractivity contribution is -0.117. The molecule has 3 aromatic rings. The zero-order valence-corrected chi connectivity index (χ0v) is 16.3. The van der Waals surface area contributed by atoms with Gasteiger partial charge in [-0.2, -0.15) is 0 Å². The van der Waals surface area contributed by atoms with E-state index in [1.165, 1.54) is 17.2 Å². The van der Waals surface area contributed by atoms with Gasteiger partial charge < -0.3 is 9.88 Å². The molecule has 0 saturated heterocycles. The van der Waals surface area contributed by atoms with Gasteiger partial charge >= 0.3 is 0 Å². The quantitative estimate of drug-likeness (QED) is 0.605. The minimum Gasteiger partial charge on any atom is -0.343 e. The van der Waals surface area contributed by atoms with E-state index in [1.54, 1.807) is 0 Å². The summed E-state index contributed by atoms with van der Waals surface area (Å²) in [6.45, 7) is 10.7. The molecule has 0 fully saturated rings. The first-order valence-corrected chi connectivity index (χ1v) is 9.50. The van der Waals surface area contributed by atoms with Crippen LogP contribution in [0.5, 0.6) is 0 Å². The van der Waals surface area contributed by atoms with Gasteiger partial charge in [-0.3, -0.25) is 4.79 Å². The summed E-state index contributed by atoms with van der Waals surface area (Å²) < 4.78 is 2.18. The predicted molar refractivity (Wildman–Crippen MR) is 111 cm³/mol. The lowest BCUT2D eigenvalue weighted by Gasteiger charge is -2.16. The van der Waals surface area contributed by atoms with Gasteiger partial charge in [0.15, 0.2) is 0 Å². The summed E-state index contributed by atoms with van der Waals surface area (Å²) in [6.07, 6.45) is 2.42. The van der Waals surface area contributed by atoms with Crippen LogP contribution in [0.1, 0.15) is 56.1 Å². The molecule has 3 rings (SSSR count). The van der Waals surface area contributed by atoms with E-state index in [4.69, 9.17) is 4.98 Å². The smallest absolute Gasteiger partial charge is 0.243 e. The molecule has 2 atom stereocenters. The number of para-hydroxylation sites is 2. The largest absolute Gasteiger partial charge is 0.343 e. The number of rotatable bonds is 7. The van der Waals surface area contributed by atoms with Crippen molar-refractivity contribution in [3.05, 3.63) is 78.1 Å². The first-order valence-electron chi connectivity index (χ1n) is 9.50. The Hall–Kier alpha value is -2.88. The number of fused-ring (bicyclic) bond motifs is 1. The Kier molecular flexibility index (Phi) is 5.75. The van der Waals surface area contributed by atoms with Gasteiger partial charge in [0.05, 0.1) is 17.1 Å². The van der Waals surface area contributed by atoms with E-state index in [-0.39, 0.29) is 11.9 Å². The van der Waals surface area contributed by atoms with Crippen molar-refractivity contribution >= 4 is 16.9 Å². The van der Waals surface area contributed by atoms with Crippen LogP contribution in [0.2, 0.25) is 0 Å². The average Bonchev–Trinajstić information content (AvgIpc) is 3.06. The van der Waals surface area contributed by atoms with Crippen LogP contribution in [0.4, 0.5) is 0 Å². The summed E-state index contributed by atoms with van der Waals surface area (Å²) >= 11 is 0. The van der Waals surface area contributed by atoms with Crippen molar-refractivity contribution in [2.24, 2.45) is 0 Å². The van der Waals surface area contributed by atoms with Crippen LogP contribution in [0, 0.1) is 0 Å². The predicted octanol–water partition coefficient (Wildman–Crippen LogP) is 4.96. The number of hydrogen-bond acceptors (Lipinski definition) is 2. The van der Waals surface area contributed by atoms with Gasteiger partial charge in [0.2, 0.25) is 5.91 Å². The van der Waals surface area contributed by atoms with Crippen molar-refractivity contribution in [1.82, 2.24) is 14.9 Å². The van der Waals surface area contributed by atoms with Crippen LogP contribution in [-0.2, 0) is 11.3 Å². The molecule has 0 aliphatic heterocycles. The lowest BCUT2D eigenvalue weighted by Crippen LogP contribution is -2.27. The van der Waals surface area contributed by atoms with E-state index in [1.807, 2.05) is 25.1 Å². The van der Waals surface area contributed by atoms with Crippen LogP contribution >= 0.6 is 0 Å². The number of nitrogens with one attached hydrogen (secondary N) is 1. The maximum Gasteiger partial charge on any atom is 0.243 e. The number of carbonyl (C=O) groups is 1. The van der Waals surface area contributed by atoms with Crippen molar-refractivity contribution in [2.45, 2.75) is 45.7 Å². The van der Waals surface area contributed by atoms with Gasteiger partial charge in [-0.15, -0.1) is 0 Å². The highest BCUT2D eigenvalue weighted by molar-refractivity contribution is 5.87. The molecule has 0 bridgehead atoms. The minimum absolute atomic E-state index is 0.195. The maximum absolute atomic E-state index is 11.7. The molecule has 1 amide bonds. The molecule has 1 N–H and O–H groups in total. The normalized spacial score (nSPS) is 13.3. The molecule has 140 valence electrons. The van der Waals surface area contributed by atoms with E-state index in [0.717, 1.165) is 23.3 Å². The molecule has 0 aliphatic rings. The zero-order valence-electron chi connectivity index (χ0n) is 16.3. The van der Waals surface area contributed by atoms with E-state index >= 15 is 0 Å². The van der Waals surface area contributed by atoms with Crippen molar-refractivity contribution in [3.63, 3.8) is 0 Å². The number of benzene rings is 2. The first kappa shape index (κ1) is 18.9. The summed E-state index contributed by atoms with van der Waals surface area (Å²) in [6, 6.07) is 16.7. The highest BCUT2D eigenvalue weighted by atomic mass is 16.1. The Labute approximate surface area is 160 Å². The Balaban J connectivity index is 1.95. The fourth-order valence-electron chi connectivity index (χ4n) is 3.30. The molecule has 2 aromatic carbocycles. The van der Waals surface area contributed by atoms with E-state index in [2.05, 4.69) is 60.6 Å². The molecular weight excluding hydrogens is 334 g/mol. The summed E-state index contributed by atoms with van der Waals surface area (Å²) in [5.41, 5.74) is 4.58. The third-order valence-corrected chi connectivity index (χ3v) is 5.12. The van der Waals surface area contributed by atoms with Gasteiger partial charge in [-0.25, -0.2) is 4.98 Å². The Morgan fingerprint density at radius 1 is 1.19 bits per heavy atom. The number of imidazole rings is 1. The Morgan fingerprint density at radius 3 is 2.56 bits per heavy atom. The second-order valence-electron chi connectivity index (χ2n) is 7.03. The second-order valence-corrected chi connectivity index (χ2v) is 7.03. The van der Waals surface area contributed by atoms with Crippen LogP contribution in [0.3, 0.4) is 0 Å². The van der Waals surface area contributed by atoms with Crippen molar-refractivity contribution in [3.8, 4) is 0 Å². The Morgan fingerprint density at radius 2 is 1.89 bits per heavy atom. The molecule has 0 radical (unpaired) electrons. The maximum atomic E-state index is 11.7. The molecule has 4 heteroatoms. The lowest BCUT2D eigenvalue weighted by atomic mass is 9.97. The van der Waals surface area contributed by atoms with Gasteiger partial charge in [0.1, 0.15) is 5.82 Å². The van der Waals surface area contributed by atoms with Crippen molar-refractivity contribution < 1.29 is 4.79 Å². The number of aromatic nitrogens is 2. The van der Waals surface area contributed by atoms with E-state index < -0.39 is 0 Å². The van der Waals surface area contributed by atoms with Crippen molar-refractivity contribution in [1.29, 1.82) is 0 Å². The number of carbonyl (C=O) groups excluding carboxylic acids is 1. The molecule has 4 nitrogen and oxygen atoms in total. The average molecular weight is 361 g/mol. The highest BCUT2D eigenvalue weighted by Gasteiger charge is 2.18. The van der Waals surface area contributed by atoms with Gasteiger partial charge in [0, 0.05) is 6.54 Å². The second kappa shape index (κ2) is 8.21. The standard InChI is InChI=1S/C23H27N3O/c1-5-16(3)19-13-11-18(12-14-19)15-26-21-10-8-7-9-20(21)25-23(26)17(4)24-22(27)6-2/h6-14,16-17H,2,5,15H2,1,3-4H3,(H,24,27). The zero-order chi connectivity index (χ0) is 19.4. The molecule has 1 aromatic heterocycles. The summed E-state index contributed by atoms with van der Waals surface area (Å²) in [4.78, 5) is 16.5. The van der Waals surface area contributed by atoms with E-state index in [0.29, 0.717) is 12.5 Å². The molecule has 1 heterocycles. The summed E-state index contributed by atoms with van der Waals surface area (Å²) in [7, 11) is 0. The van der Waals surface area contributed by atoms with Crippen LogP contribution in [0.25, 0.3) is 11.0 Å². The van der Waals surface area contributed by atoms with Crippen LogP contribution < -0.4 is 5.32 Å². The van der Waals surface area contributed by atoms with Crippen LogP contribution in [0.15, 0.2) is 61.2 Å². The molecule has 27 heavy (non-hydrogen) atoms. The van der Waals surface area contributed by atoms with Gasteiger partial charge in [-0.1, -0.05) is 56.8 Å². The highest BCUT2D eigenvalue weighted by Crippen LogP contribution is 2.24. The SMILES string of the molecule is C=CC(=O)NC(C)c1nc2ccccc2n1Cc1ccc(C(C)CC)cc1. The molecular formula is C23H27N3O. The molecule has 0 aliphatic carbocycles. The summed E-state index contributed by atoms with van der Waals surface area (Å²) in [5, 5.41) is 2.92. The molecule has 2 unspecified atom stereocenters. The molecule has 0 spiro atoms. The monoisotopic (exact) mass is 361 g/mol. The van der Waals surface area contributed by atoms with E-state index in [9.17, 15) is 4.79 Å². The molecule has 0 saturated carbocycles. The van der Waals surface area contributed by atoms with Gasteiger partial charge in [-0.05, 0) is 48.6 Å². The summed E-state index contributed by atoms with van der Waals surface area (Å²) in [5.74, 6) is 1.22. The fraction of sp³-hybridized carbons (Fsp3) is 0.304. The number of hydrogen-bond donors (Lipinski definition) is 1. The van der Waals surface area contributed by atoms with Gasteiger partial charge in [0.25, 0.3) is 0 Å². The third kappa shape index (κ3) is 4.11. The topological polar surface area (TPSA) is 46.9 Å². The minimum atomic E-state index is -0.206. The fourth-order valence-corrected chi connectivity index (χ4v) is 3.30. The van der Waals surface area contributed by atoms with Crippen LogP contribution in [-0.4, -0.2) is 15.5 Å². The first-order chi connectivity index (χ1) is 13.0. The number of amides is 1.